The molecule has 1 unspecified atom stereocenters. The van der Waals surface area contributed by atoms with Crippen LogP contribution in [0.25, 0.3) is 0 Å². The van der Waals surface area contributed by atoms with Gasteiger partial charge in [0.25, 0.3) is 0 Å². The summed E-state index contributed by atoms with van der Waals surface area (Å²) in [6.07, 6.45) is 13.3. The summed E-state index contributed by atoms with van der Waals surface area (Å²) in [7, 11) is 0. The molecule has 0 saturated heterocycles. The smallest absolute Gasteiger partial charge is 0.245 e. The molecule has 0 aliphatic heterocycles. The summed E-state index contributed by atoms with van der Waals surface area (Å²) in [5.41, 5.74) is 0.921. The van der Waals surface area contributed by atoms with Gasteiger partial charge in [0.15, 0.2) is 0 Å². The van der Waals surface area contributed by atoms with Gasteiger partial charge in [-0.1, -0.05) is 65.0 Å². The number of carbonyl (C=O) groups excluding carboxylic acids is 1. The molecule has 19 heavy (non-hydrogen) atoms. The van der Waals surface area contributed by atoms with E-state index in [-0.39, 0.29) is 0 Å². The maximum Gasteiger partial charge on any atom is 0.245 e. The second-order valence-corrected chi connectivity index (χ2v) is 5.92. The summed E-state index contributed by atoms with van der Waals surface area (Å²) in [6, 6.07) is 0. The molecular formula is C17H29ClO. The standard InChI is InChI=1S/C17H29ClO/c1-5-16(6-2)12-8-10-14(3)9-7-11-15(4)13-17(18)19/h7,11,13-14,16H,5-6,8-10,12H2,1-4H3. The Hall–Kier alpha value is -0.560. The zero-order chi connectivity index (χ0) is 14.7. The first-order chi connectivity index (χ1) is 8.99. The number of hydrogen-bond donors (Lipinski definition) is 0. The molecule has 1 nitrogen and oxygen atoms in total. The Labute approximate surface area is 124 Å². The summed E-state index contributed by atoms with van der Waals surface area (Å²) in [5, 5.41) is -0.402. The Morgan fingerprint density at radius 1 is 1.21 bits per heavy atom. The topological polar surface area (TPSA) is 17.1 Å². The van der Waals surface area contributed by atoms with Crippen molar-refractivity contribution in [1.29, 1.82) is 0 Å². The van der Waals surface area contributed by atoms with Crippen molar-refractivity contribution in [2.45, 2.75) is 66.2 Å². The number of carbonyl (C=O) groups is 1. The van der Waals surface area contributed by atoms with Gasteiger partial charge in [0.2, 0.25) is 5.24 Å². The molecule has 0 aromatic carbocycles. The Kier molecular flexibility index (Phi) is 10.9. The van der Waals surface area contributed by atoms with Crippen LogP contribution in [0, 0.1) is 11.8 Å². The van der Waals surface area contributed by atoms with Gasteiger partial charge >= 0.3 is 0 Å². The first-order valence-electron chi connectivity index (χ1n) is 7.53. The minimum Gasteiger partial charge on any atom is -0.276 e. The number of hydrogen-bond acceptors (Lipinski definition) is 1. The van der Waals surface area contributed by atoms with Crippen molar-refractivity contribution < 1.29 is 4.79 Å². The number of rotatable bonds is 10. The predicted molar refractivity (Wildman–Crippen MR) is 85.5 cm³/mol. The molecule has 1 atom stereocenters. The average Bonchev–Trinajstić information content (AvgIpc) is 2.33. The van der Waals surface area contributed by atoms with Crippen LogP contribution in [0.1, 0.15) is 66.2 Å². The van der Waals surface area contributed by atoms with E-state index < -0.39 is 5.24 Å². The molecule has 0 spiro atoms. The van der Waals surface area contributed by atoms with E-state index in [1.165, 1.54) is 38.2 Å². The highest BCUT2D eigenvalue weighted by Crippen LogP contribution is 2.20. The van der Waals surface area contributed by atoms with Crippen molar-refractivity contribution in [1.82, 2.24) is 0 Å². The molecule has 110 valence electrons. The molecule has 0 radical (unpaired) electrons. The molecule has 0 rings (SSSR count). The van der Waals surface area contributed by atoms with E-state index in [0.717, 1.165) is 17.9 Å². The summed E-state index contributed by atoms with van der Waals surface area (Å²) < 4.78 is 0. The van der Waals surface area contributed by atoms with Gasteiger partial charge in [-0.2, -0.15) is 0 Å². The molecule has 0 aromatic heterocycles. The zero-order valence-corrected chi connectivity index (χ0v) is 13.7. The van der Waals surface area contributed by atoms with E-state index in [9.17, 15) is 4.79 Å². The van der Waals surface area contributed by atoms with Crippen molar-refractivity contribution in [3.8, 4) is 0 Å². The van der Waals surface area contributed by atoms with E-state index in [1.54, 1.807) is 0 Å². The molecule has 0 N–H and O–H groups in total. The van der Waals surface area contributed by atoms with Gasteiger partial charge in [-0.05, 0) is 42.4 Å². The molecule has 0 aromatic rings. The normalized spacial score (nSPS) is 14.3. The molecule has 0 aliphatic rings. The Balaban J connectivity index is 3.84. The van der Waals surface area contributed by atoms with E-state index in [4.69, 9.17) is 11.6 Å². The van der Waals surface area contributed by atoms with Crippen molar-refractivity contribution in [2.24, 2.45) is 11.8 Å². The second kappa shape index (κ2) is 11.3. The highest BCUT2D eigenvalue weighted by molar-refractivity contribution is 6.66. The van der Waals surface area contributed by atoms with Crippen LogP contribution >= 0.6 is 11.6 Å². The van der Waals surface area contributed by atoms with Gasteiger partial charge in [0, 0.05) is 6.08 Å². The molecule has 0 saturated carbocycles. The first kappa shape index (κ1) is 18.4. The SMILES string of the molecule is CCC(CC)CCCC(C)CC=CC(C)=CC(=O)Cl. The van der Waals surface area contributed by atoms with Crippen LogP contribution in [-0.2, 0) is 4.79 Å². The predicted octanol–water partition coefficient (Wildman–Crippen LogP) is 5.89. The fraction of sp³-hybridized carbons (Fsp3) is 0.706. The molecule has 0 fully saturated rings. The van der Waals surface area contributed by atoms with Gasteiger partial charge in [-0.3, -0.25) is 4.79 Å². The van der Waals surface area contributed by atoms with Crippen molar-refractivity contribution in [3.05, 3.63) is 23.8 Å². The van der Waals surface area contributed by atoms with Crippen LogP contribution in [0.3, 0.4) is 0 Å². The van der Waals surface area contributed by atoms with Gasteiger partial charge in [0.05, 0.1) is 0 Å². The van der Waals surface area contributed by atoms with E-state index in [2.05, 4.69) is 26.8 Å². The maximum atomic E-state index is 10.7. The zero-order valence-electron chi connectivity index (χ0n) is 12.9. The largest absolute Gasteiger partial charge is 0.276 e. The second-order valence-electron chi connectivity index (χ2n) is 5.55. The quantitative estimate of drug-likeness (QED) is 0.278. The van der Waals surface area contributed by atoms with Crippen LogP contribution in [0.2, 0.25) is 0 Å². The van der Waals surface area contributed by atoms with Crippen molar-refractivity contribution in [3.63, 3.8) is 0 Å². The minimum atomic E-state index is -0.402. The molecular weight excluding hydrogens is 256 g/mol. The molecule has 2 heteroatoms. The van der Waals surface area contributed by atoms with Crippen molar-refractivity contribution in [2.75, 3.05) is 0 Å². The van der Waals surface area contributed by atoms with Gasteiger partial charge in [-0.25, -0.2) is 0 Å². The van der Waals surface area contributed by atoms with Gasteiger partial charge in [0.1, 0.15) is 0 Å². The van der Waals surface area contributed by atoms with Gasteiger partial charge in [-0.15, -0.1) is 0 Å². The minimum absolute atomic E-state index is 0.402. The maximum absolute atomic E-state index is 10.7. The summed E-state index contributed by atoms with van der Waals surface area (Å²) in [4.78, 5) is 10.7. The van der Waals surface area contributed by atoms with Crippen LogP contribution in [-0.4, -0.2) is 5.24 Å². The fourth-order valence-electron chi connectivity index (χ4n) is 2.28. The lowest BCUT2D eigenvalue weighted by Crippen LogP contribution is -1.99. The lowest BCUT2D eigenvalue weighted by molar-refractivity contribution is -0.107. The van der Waals surface area contributed by atoms with E-state index in [0.29, 0.717) is 5.92 Å². The Morgan fingerprint density at radius 3 is 2.37 bits per heavy atom. The lowest BCUT2D eigenvalue weighted by atomic mass is 9.93. The summed E-state index contributed by atoms with van der Waals surface area (Å²) in [6.45, 7) is 8.76. The molecule has 0 bridgehead atoms. The average molecular weight is 285 g/mol. The first-order valence-corrected chi connectivity index (χ1v) is 7.91. The highest BCUT2D eigenvalue weighted by atomic mass is 35.5. The van der Waals surface area contributed by atoms with E-state index in [1.807, 2.05) is 13.0 Å². The van der Waals surface area contributed by atoms with E-state index >= 15 is 0 Å². The monoisotopic (exact) mass is 284 g/mol. The third-order valence-corrected chi connectivity index (χ3v) is 3.83. The van der Waals surface area contributed by atoms with Gasteiger partial charge < -0.3 is 0 Å². The summed E-state index contributed by atoms with van der Waals surface area (Å²) >= 11 is 5.29. The fourth-order valence-corrected chi connectivity index (χ4v) is 2.46. The van der Waals surface area contributed by atoms with Crippen LogP contribution in [0.15, 0.2) is 23.8 Å². The van der Waals surface area contributed by atoms with Crippen LogP contribution in [0.4, 0.5) is 0 Å². The van der Waals surface area contributed by atoms with Crippen LogP contribution in [0.5, 0.6) is 0 Å². The number of halogens is 1. The molecule has 0 amide bonds. The summed E-state index contributed by atoms with van der Waals surface area (Å²) in [5.74, 6) is 1.62. The Bertz CT molecular complexity index is 300. The Morgan fingerprint density at radius 2 is 1.84 bits per heavy atom. The number of allylic oxidation sites excluding steroid dienone is 4. The lowest BCUT2D eigenvalue weighted by Gasteiger charge is -2.13. The highest BCUT2D eigenvalue weighted by Gasteiger charge is 2.05. The van der Waals surface area contributed by atoms with Crippen LogP contribution < -0.4 is 0 Å². The van der Waals surface area contributed by atoms with Crippen molar-refractivity contribution >= 4 is 16.8 Å². The third kappa shape index (κ3) is 11.0. The third-order valence-electron chi connectivity index (χ3n) is 3.72. The molecule has 0 aliphatic carbocycles. The molecule has 0 heterocycles.